The molecule has 3 aromatic rings. The summed E-state index contributed by atoms with van der Waals surface area (Å²) in [5, 5.41) is 14.4. The fourth-order valence-corrected chi connectivity index (χ4v) is 4.51. The summed E-state index contributed by atoms with van der Waals surface area (Å²) < 4.78 is 5.32. The Morgan fingerprint density at radius 3 is 2.34 bits per heavy atom. The molecule has 32 heavy (non-hydrogen) atoms. The number of carbonyl (C=O) groups excluding carboxylic acids is 1. The van der Waals surface area contributed by atoms with Crippen molar-refractivity contribution in [2.24, 2.45) is 0 Å². The second-order valence-electron chi connectivity index (χ2n) is 7.51. The molecule has 7 nitrogen and oxygen atoms in total. The number of amides is 1. The maximum Gasteiger partial charge on any atom is 0.337 e. The van der Waals surface area contributed by atoms with Gasteiger partial charge in [0, 0.05) is 48.5 Å². The number of nitrogens with zero attached hydrogens (tertiary/aromatic N) is 2. The molecule has 2 heterocycles. The van der Waals surface area contributed by atoms with Crippen LogP contribution in [-0.4, -0.2) is 50.3 Å². The lowest BCUT2D eigenvalue weighted by molar-refractivity contribution is -0.115. The van der Waals surface area contributed by atoms with Crippen LogP contribution in [0.5, 0.6) is 5.75 Å². The van der Waals surface area contributed by atoms with Gasteiger partial charge < -0.3 is 25.0 Å². The van der Waals surface area contributed by atoms with E-state index in [9.17, 15) is 14.7 Å². The van der Waals surface area contributed by atoms with Gasteiger partial charge in [0.15, 0.2) is 0 Å². The molecule has 2 aromatic carbocycles. The number of carboxylic acid groups (broad SMARTS) is 1. The zero-order chi connectivity index (χ0) is 22.5. The molecule has 166 valence electrons. The lowest BCUT2D eigenvalue weighted by Crippen LogP contribution is -2.46. The average Bonchev–Trinajstić information content (AvgIpc) is 3.32. The van der Waals surface area contributed by atoms with Crippen molar-refractivity contribution >= 4 is 40.3 Å². The summed E-state index contributed by atoms with van der Waals surface area (Å²) in [6.07, 6.45) is 0.227. The topological polar surface area (TPSA) is 82.1 Å². The number of hydrogen-bond donors (Lipinski definition) is 2. The number of nitrogens with one attached hydrogen (secondary N) is 1. The van der Waals surface area contributed by atoms with Gasteiger partial charge in [-0.05, 0) is 41.8 Å². The molecule has 1 aliphatic heterocycles. The van der Waals surface area contributed by atoms with Crippen LogP contribution in [0.3, 0.4) is 0 Å². The summed E-state index contributed by atoms with van der Waals surface area (Å²) in [6.45, 7) is 3.16. The lowest BCUT2D eigenvalue weighted by atomic mass is 10.1. The van der Waals surface area contributed by atoms with Gasteiger partial charge in [-0.2, -0.15) is 0 Å². The van der Waals surface area contributed by atoms with Crippen LogP contribution in [0.4, 0.5) is 17.1 Å². The molecule has 0 unspecified atom stereocenters. The molecule has 2 N–H and O–H groups in total. The lowest BCUT2D eigenvalue weighted by Gasteiger charge is -2.37. The van der Waals surface area contributed by atoms with Crippen LogP contribution in [0, 0.1) is 0 Å². The fourth-order valence-electron chi connectivity index (χ4n) is 3.81. The number of thiophene rings is 1. The van der Waals surface area contributed by atoms with E-state index in [-0.39, 0.29) is 17.9 Å². The molecule has 4 rings (SSSR count). The zero-order valence-corrected chi connectivity index (χ0v) is 18.6. The smallest absolute Gasteiger partial charge is 0.337 e. The zero-order valence-electron chi connectivity index (χ0n) is 17.8. The summed E-state index contributed by atoms with van der Waals surface area (Å²) in [7, 11) is 1.66. The summed E-state index contributed by atoms with van der Waals surface area (Å²) in [6, 6.07) is 17.0. The highest BCUT2D eigenvalue weighted by Gasteiger charge is 2.21. The average molecular weight is 452 g/mol. The van der Waals surface area contributed by atoms with Crippen LogP contribution in [0.25, 0.3) is 0 Å². The second-order valence-corrected chi connectivity index (χ2v) is 8.55. The summed E-state index contributed by atoms with van der Waals surface area (Å²) in [4.78, 5) is 29.6. The van der Waals surface area contributed by atoms with Crippen LogP contribution >= 0.6 is 11.3 Å². The Hall–Kier alpha value is -3.52. The first-order valence-electron chi connectivity index (χ1n) is 10.4. The molecular formula is C24H25N3O4S. The van der Waals surface area contributed by atoms with Crippen LogP contribution in [-0.2, 0) is 11.2 Å². The number of anilines is 3. The van der Waals surface area contributed by atoms with Gasteiger partial charge in [0.05, 0.1) is 24.8 Å². The molecule has 1 saturated heterocycles. The number of piperazine rings is 1. The summed E-state index contributed by atoms with van der Waals surface area (Å²) in [5.74, 6) is -0.462. The van der Waals surface area contributed by atoms with Gasteiger partial charge in [-0.1, -0.05) is 12.1 Å². The molecule has 0 aliphatic carbocycles. The number of carboxylic acids is 1. The molecule has 0 bridgehead atoms. The molecule has 1 aliphatic rings. The third-order valence-electron chi connectivity index (χ3n) is 5.49. The summed E-state index contributed by atoms with van der Waals surface area (Å²) >= 11 is 1.50. The Kier molecular flexibility index (Phi) is 6.61. The Bertz CT molecular complexity index is 1090. The van der Waals surface area contributed by atoms with Crippen molar-refractivity contribution in [2.45, 2.75) is 6.42 Å². The Balaban J connectivity index is 1.43. The van der Waals surface area contributed by atoms with Gasteiger partial charge in [0.2, 0.25) is 5.91 Å². The first-order chi connectivity index (χ1) is 15.5. The number of ether oxygens (including phenoxy) is 1. The van der Waals surface area contributed by atoms with Crippen molar-refractivity contribution in [3.8, 4) is 5.75 Å². The number of aromatic carboxylic acids is 1. The maximum absolute atomic E-state index is 12.3. The van der Waals surface area contributed by atoms with E-state index in [1.807, 2.05) is 41.8 Å². The van der Waals surface area contributed by atoms with Gasteiger partial charge in [0.1, 0.15) is 5.75 Å². The van der Waals surface area contributed by atoms with Crippen molar-refractivity contribution in [1.82, 2.24) is 0 Å². The van der Waals surface area contributed by atoms with Crippen LogP contribution < -0.4 is 19.9 Å². The van der Waals surface area contributed by atoms with Crippen LogP contribution in [0.1, 0.15) is 15.2 Å². The Morgan fingerprint density at radius 2 is 1.72 bits per heavy atom. The predicted octanol–water partition coefficient (Wildman–Crippen LogP) is 3.96. The minimum Gasteiger partial charge on any atom is -0.497 e. The van der Waals surface area contributed by atoms with Gasteiger partial charge in [-0.25, -0.2) is 4.79 Å². The molecule has 1 aromatic heterocycles. The number of methoxy groups -OCH3 is 1. The molecule has 1 amide bonds. The first-order valence-corrected chi connectivity index (χ1v) is 11.2. The number of hydrogen-bond acceptors (Lipinski definition) is 6. The van der Waals surface area contributed by atoms with E-state index in [1.165, 1.54) is 11.3 Å². The van der Waals surface area contributed by atoms with E-state index in [4.69, 9.17) is 4.74 Å². The third-order valence-corrected chi connectivity index (χ3v) is 6.36. The SMILES string of the molecule is COc1cccc(N2CCN(c3ccc(NC(=O)Cc4cccs4)c(C(=O)O)c3)CC2)c1. The first kappa shape index (κ1) is 21.7. The quantitative estimate of drug-likeness (QED) is 0.566. The van der Waals surface area contributed by atoms with Gasteiger partial charge in [-0.3, -0.25) is 4.79 Å². The molecule has 0 spiro atoms. The van der Waals surface area contributed by atoms with E-state index in [0.717, 1.165) is 48.2 Å². The van der Waals surface area contributed by atoms with Crippen molar-refractivity contribution < 1.29 is 19.4 Å². The van der Waals surface area contributed by atoms with Crippen LogP contribution in [0.2, 0.25) is 0 Å². The monoisotopic (exact) mass is 451 g/mol. The van der Waals surface area contributed by atoms with Crippen molar-refractivity contribution in [2.75, 3.05) is 48.4 Å². The molecule has 8 heteroatoms. The predicted molar refractivity (Wildman–Crippen MR) is 127 cm³/mol. The molecular weight excluding hydrogens is 426 g/mol. The highest BCUT2D eigenvalue weighted by atomic mass is 32.1. The standard InChI is InChI=1S/C24H25N3O4S/c1-31-19-5-2-4-17(14-19)26-9-11-27(12-10-26)18-7-8-22(21(15-18)24(29)30)25-23(28)16-20-6-3-13-32-20/h2-8,13-15H,9-12,16H2,1H3,(H,25,28)(H,29,30). The van der Waals surface area contributed by atoms with Crippen molar-refractivity contribution in [3.63, 3.8) is 0 Å². The van der Waals surface area contributed by atoms with Gasteiger partial charge in [-0.15, -0.1) is 11.3 Å². The molecule has 0 radical (unpaired) electrons. The fraction of sp³-hybridized carbons (Fsp3) is 0.250. The molecule has 0 atom stereocenters. The third kappa shape index (κ3) is 5.03. The molecule has 0 saturated carbocycles. The number of benzene rings is 2. The van der Waals surface area contributed by atoms with Gasteiger partial charge >= 0.3 is 5.97 Å². The molecule has 1 fully saturated rings. The second kappa shape index (κ2) is 9.74. The van der Waals surface area contributed by atoms with E-state index >= 15 is 0 Å². The van der Waals surface area contributed by atoms with E-state index in [1.54, 1.807) is 19.2 Å². The van der Waals surface area contributed by atoms with Gasteiger partial charge in [0.25, 0.3) is 0 Å². The number of rotatable bonds is 7. The minimum atomic E-state index is -1.06. The summed E-state index contributed by atoms with van der Waals surface area (Å²) in [5.41, 5.74) is 2.36. The van der Waals surface area contributed by atoms with E-state index < -0.39 is 5.97 Å². The Labute approximate surface area is 190 Å². The largest absolute Gasteiger partial charge is 0.497 e. The Morgan fingerprint density at radius 1 is 1.00 bits per heavy atom. The highest BCUT2D eigenvalue weighted by Crippen LogP contribution is 2.27. The number of carbonyl (C=O) groups is 2. The van der Waals surface area contributed by atoms with Crippen molar-refractivity contribution in [3.05, 3.63) is 70.4 Å². The normalized spacial score (nSPS) is 13.7. The van der Waals surface area contributed by atoms with E-state index in [0.29, 0.717) is 5.69 Å². The van der Waals surface area contributed by atoms with Crippen LogP contribution in [0.15, 0.2) is 60.0 Å². The van der Waals surface area contributed by atoms with E-state index in [2.05, 4.69) is 21.2 Å². The minimum absolute atomic E-state index is 0.0947. The van der Waals surface area contributed by atoms with Crippen molar-refractivity contribution in [1.29, 1.82) is 0 Å². The maximum atomic E-state index is 12.3. The highest BCUT2D eigenvalue weighted by molar-refractivity contribution is 7.10.